The first-order valence-corrected chi connectivity index (χ1v) is 12.0. The van der Waals surface area contributed by atoms with Gasteiger partial charge in [0, 0.05) is 22.4 Å². The lowest BCUT2D eigenvalue weighted by Gasteiger charge is -2.10. The van der Waals surface area contributed by atoms with Crippen LogP contribution in [0.4, 0.5) is 18.9 Å². The maximum atomic E-state index is 12.4. The number of anilines is 1. The number of benzene rings is 3. The first kappa shape index (κ1) is 24.5. The third kappa shape index (κ3) is 7.16. The van der Waals surface area contributed by atoms with Crippen molar-refractivity contribution in [3.8, 4) is 11.5 Å². The van der Waals surface area contributed by atoms with E-state index in [4.69, 9.17) is 4.74 Å². The Hall–Kier alpha value is -3.18. The number of carbonyl (C=O) groups is 1. The first-order chi connectivity index (χ1) is 15.4. The van der Waals surface area contributed by atoms with Gasteiger partial charge >= 0.3 is 5.51 Å². The molecule has 0 heterocycles. The number of aromatic hydroxyl groups is 1. The van der Waals surface area contributed by atoms with Crippen molar-refractivity contribution >= 4 is 33.2 Å². The number of rotatable bonds is 7. The molecular formula is C22H18F3NO5S2. The summed E-state index contributed by atoms with van der Waals surface area (Å²) in [4.78, 5) is 12.2. The molecule has 3 aromatic carbocycles. The molecule has 0 aliphatic carbocycles. The Balaban J connectivity index is 1.59. The van der Waals surface area contributed by atoms with E-state index in [9.17, 15) is 31.5 Å². The molecule has 3 aromatic rings. The number of phenols is 1. The van der Waals surface area contributed by atoms with E-state index in [1.165, 1.54) is 42.5 Å². The van der Waals surface area contributed by atoms with Gasteiger partial charge in [-0.05, 0) is 71.9 Å². The minimum Gasteiger partial charge on any atom is -0.507 e. The molecule has 1 amide bonds. The number of nitrogens with one attached hydrogen (secondary N) is 1. The van der Waals surface area contributed by atoms with Crippen molar-refractivity contribution in [3.05, 3.63) is 77.9 Å². The van der Waals surface area contributed by atoms with Crippen molar-refractivity contribution in [3.63, 3.8) is 0 Å². The number of hydrogen-bond acceptors (Lipinski definition) is 6. The number of phenolic OH excluding ortho intramolecular Hbond substituents is 1. The van der Waals surface area contributed by atoms with Crippen LogP contribution in [0.3, 0.4) is 0 Å². The fourth-order valence-electron chi connectivity index (χ4n) is 2.75. The highest BCUT2D eigenvalue weighted by atomic mass is 32.2. The number of ether oxygens (including phenoxy) is 1. The second-order valence-electron chi connectivity index (χ2n) is 6.91. The molecule has 0 aliphatic rings. The average molecular weight is 498 g/mol. The van der Waals surface area contributed by atoms with Gasteiger partial charge in [0.15, 0.2) is 9.84 Å². The summed E-state index contributed by atoms with van der Waals surface area (Å²) in [6.07, 6.45) is 0.949. The van der Waals surface area contributed by atoms with Gasteiger partial charge in [0.05, 0.1) is 0 Å². The Kier molecular flexibility index (Phi) is 7.23. The maximum Gasteiger partial charge on any atom is 0.446 e. The summed E-state index contributed by atoms with van der Waals surface area (Å²) in [6, 6.07) is 15.7. The third-order valence-corrected chi connectivity index (χ3v) is 6.16. The first-order valence-electron chi connectivity index (χ1n) is 9.33. The lowest BCUT2D eigenvalue weighted by molar-refractivity contribution is -0.0328. The Morgan fingerprint density at radius 3 is 2.24 bits per heavy atom. The Labute approximate surface area is 192 Å². The van der Waals surface area contributed by atoms with Gasteiger partial charge in [-0.3, -0.25) is 4.79 Å². The van der Waals surface area contributed by atoms with Gasteiger partial charge in [0.2, 0.25) is 0 Å². The van der Waals surface area contributed by atoms with Crippen LogP contribution in [0.25, 0.3) is 0 Å². The van der Waals surface area contributed by atoms with Crippen LogP contribution in [0.2, 0.25) is 0 Å². The minimum atomic E-state index is -4.35. The Bertz CT molecular complexity index is 1240. The molecule has 0 bridgehead atoms. The molecule has 33 heavy (non-hydrogen) atoms. The van der Waals surface area contributed by atoms with E-state index in [1.807, 2.05) is 0 Å². The van der Waals surface area contributed by atoms with E-state index < -0.39 is 27.0 Å². The molecule has 0 radical (unpaired) electrons. The molecule has 0 atom stereocenters. The number of sulfone groups is 1. The topological polar surface area (TPSA) is 92.7 Å². The number of halogens is 3. The molecule has 0 saturated carbocycles. The highest BCUT2D eigenvalue weighted by Gasteiger charge is 2.29. The molecule has 0 spiro atoms. The van der Waals surface area contributed by atoms with Crippen LogP contribution in [-0.4, -0.2) is 31.2 Å². The van der Waals surface area contributed by atoms with Gasteiger partial charge < -0.3 is 15.2 Å². The maximum absolute atomic E-state index is 12.4. The lowest BCUT2D eigenvalue weighted by atomic mass is 10.1. The second-order valence-corrected chi connectivity index (χ2v) is 10.0. The standard InChI is InChI=1S/C22H18F3NO5S2/c1-33(29,30)20-12-16(6-11-19(20)27)26-21(28)15-4-2-14(3-5-15)13-31-17-7-9-18(10-8-17)32-22(23,24)25/h2-12,27H,13H2,1H3,(H,26,28). The van der Waals surface area contributed by atoms with Crippen LogP contribution in [0.5, 0.6) is 11.5 Å². The van der Waals surface area contributed by atoms with Gasteiger partial charge in [-0.2, -0.15) is 13.2 Å². The zero-order valence-corrected chi connectivity index (χ0v) is 18.7. The van der Waals surface area contributed by atoms with E-state index in [-0.39, 0.29) is 33.8 Å². The monoisotopic (exact) mass is 497 g/mol. The van der Waals surface area contributed by atoms with E-state index in [0.29, 0.717) is 11.3 Å². The van der Waals surface area contributed by atoms with Crippen molar-refractivity contribution in [2.24, 2.45) is 0 Å². The zero-order valence-electron chi connectivity index (χ0n) is 17.1. The number of hydrogen-bond donors (Lipinski definition) is 2. The van der Waals surface area contributed by atoms with E-state index in [1.54, 1.807) is 24.3 Å². The van der Waals surface area contributed by atoms with Gasteiger partial charge in [-0.15, -0.1) is 0 Å². The molecular weight excluding hydrogens is 479 g/mol. The van der Waals surface area contributed by atoms with Gasteiger partial charge in [-0.1, -0.05) is 12.1 Å². The van der Waals surface area contributed by atoms with E-state index >= 15 is 0 Å². The summed E-state index contributed by atoms with van der Waals surface area (Å²) < 4.78 is 66.1. The smallest absolute Gasteiger partial charge is 0.446 e. The van der Waals surface area contributed by atoms with Gasteiger partial charge in [0.1, 0.15) is 23.0 Å². The Morgan fingerprint density at radius 1 is 1.03 bits per heavy atom. The normalized spacial score (nSPS) is 11.8. The van der Waals surface area contributed by atoms with Crippen molar-refractivity contribution in [1.29, 1.82) is 0 Å². The summed E-state index contributed by atoms with van der Waals surface area (Å²) in [5.41, 5.74) is -3.11. The molecule has 11 heteroatoms. The van der Waals surface area contributed by atoms with Crippen molar-refractivity contribution in [2.45, 2.75) is 21.9 Å². The number of thioether (sulfide) groups is 1. The summed E-state index contributed by atoms with van der Waals surface area (Å²) in [5, 5.41) is 12.3. The average Bonchev–Trinajstić information content (AvgIpc) is 2.73. The largest absolute Gasteiger partial charge is 0.507 e. The highest BCUT2D eigenvalue weighted by molar-refractivity contribution is 8.00. The number of alkyl halides is 3. The SMILES string of the molecule is CS(=O)(=O)c1cc(NC(=O)c2ccc(COc3ccc(SC(F)(F)F)cc3)cc2)ccc1O. The Morgan fingerprint density at radius 2 is 1.67 bits per heavy atom. The summed E-state index contributed by atoms with van der Waals surface area (Å²) in [7, 11) is -3.67. The molecule has 0 aliphatic heterocycles. The van der Waals surface area contributed by atoms with Crippen molar-refractivity contribution in [2.75, 3.05) is 11.6 Å². The van der Waals surface area contributed by atoms with Crippen LogP contribution in [0, 0.1) is 0 Å². The zero-order chi connectivity index (χ0) is 24.2. The van der Waals surface area contributed by atoms with Gasteiger partial charge in [0.25, 0.3) is 5.91 Å². The van der Waals surface area contributed by atoms with Crippen molar-refractivity contribution in [1.82, 2.24) is 0 Å². The minimum absolute atomic E-state index is 0.0579. The van der Waals surface area contributed by atoms with Crippen molar-refractivity contribution < 1.29 is 36.2 Å². The second kappa shape index (κ2) is 9.75. The molecule has 174 valence electrons. The number of amides is 1. The molecule has 0 aromatic heterocycles. The van der Waals surface area contributed by atoms with Crippen LogP contribution in [-0.2, 0) is 16.4 Å². The molecule has 6 nitrogen and oxygen atoms in total. The van der Waals surface area contributed by atoms with Crippen LogP contribution >= 0.6 is 11.8 Å². The quantitative estimate of drug-likeness (QED) is 0.343. The molecule has 0 saturated heterocycles. The predicted molar refractivity (Wildman–Crippen MR) is 118 cm³/mol. The number of carbonyl (C=O) groups excluding carboxylic acids is 1. The summed E-state index contributed by atoms with van der Waals surface area (Å²) in [5.74, 6) is -0.490. The fraction of sp³-hybridized carbons (Fsp3) is 0.136. The van der Waals surface area contributed by atoms with E-state index in [0.717, 1.165) is 11.8 Å². The molecule has 0 fully saturated rings. The molecule has 2 N–H and O–H groups in total. The van der Waals surface area contributed by atoms with E-state index in [2.05, 4.69) is 5.32 Å². The fourth-order valence-corrected chi connectivity index (χ4v) is 4.08. The molecule has 3 rings (SSSR count). The summed E-state index contributed by atoms with van der Waals surface area (Å²) in [6.45, 7) is 0.142. The summed E-state index contributed by atoms with van der Waals surface area (Å²) >= 11 is -0.204. The third-order valence-electron chi connectivity index (χ3n) is 4.30. The lowest BCUT2D eigenvalue weighted by Crippen LogP contribution is -2.12. The van der Waals surface area contributed by atoms with Crippen LogP contribution < -0.4 is 10.1 Å². The van der Waals surface area contributed by atoms with Gasteiger partial charge in [-0.25, -0.2) is 8.42 Å². The molecule has 0 unspecified atom stereocenters. The predicted octanol–water partition coefficient (Wildman–Crippen LogP) is 5.24. The van der Waals surface area contributed by atoms with Crippen LogP contribution in [0.15, 0.2) is 76.5 Å². The van der Waals surface area contributed by atoms with Crippen LogP contribution in [0.1, 0.15) is 15.9 Å². The highest BCUT2D eigenvalue weighted by Crippen LogP contribution is 2.37.